The maximum Gasteiger partial charge on any atom is 0.295 e. The molecule has 2 fully saturated rings. The van der Waals surface area contributed by atoms with Gasteiger partial charge in [-0.3, -0.25) is 14.5 Å². The Morgan fingerprint density at radius 3 is 2.45 bits per heavy atom. The van der Waals surface area contributed by atoms with Crippen LogP contribution in [0.4, 0.5) is 0 Å². The van der Waals surface area contributed by atoms with E-state index >= 15 is 0 Å². The number of aliphatic hydroxyl groups is 1. The highest BCUT2D eigenvalue weighted by Gasteiger charge is 2.46. The molecule has 0 bridgehead atoms. The van der Waals surface area contributed by atoms with Gasteiger partial charge in [0, 0.05) is 36.2 Å². The molecule has 2 aromatic carbocycles. The van der Waals surface area contributed by atoms with E-state index in [1.165, 1.54) is 0 Å². The van der Waals surface area contributed by atoms with E-state index in [9.17, 15) is 14.7 Å². The normalized spacial score (nSPS) is 20.9. The summed E-state index contributed by atoms with van der Waals surface area (Å²) in [5.41, 5.74) is 2.17. The van der Waals surface area contributed by atoms with Crippen LogP contribution in [0.25, 0.3) is 5.76 Å². The Balaban J connectivity index is 1.74. The minimum Gasteiger partial charge on any atom is -0.507 e. The summed E-state index contributed by atoms with van der Waals surface area (Å²) in [7, 11) is 1.58. The number of hydrogen-bond donors (Lipinski definition) is 1. The van der Waals surface area contributed by atoms with E-state index in [4.69, 9.17) is 9.47 Å². The fourth-order valence-electron chi connectivity index (χ4n) is 4.36. The number of rotatable bonds is 6. The van der Waals surface area contributed by atoms with Crippen LogP contribution in [0.3, 0.4) is 0 Å². The van der Waals surface area contributed by atoms with Crippen molar-refractivity contribution < 1.29 is 24.2 Å². The zero-order chi connectivity index (χ0) is 23.5. The molecule has 4 rings (SSSR count). The predicted octanol–water partition coefficient (Wildman–Crippen LogP) is 3.52. The lowest BCUT2D eigenvalue weighted by Crippen LogP contribution is -2.42. The molecule has 0 aromatic heterocycles. The maximum atomic E-state index is 13.2. The van der Waals surface area contributed by atoms with Gasteiger partial charge in [-0.05, 0) is 48.4 Å². The zero-order valence-corrected chi connectivity index (χ0v) is 20.3. The Labute approximate surface area is 201 Å². The van der Waals surface area contributed by atoms with Gasteiger partial charge in [-0.25, -0.2) is 0 Å². The highest BCUT2D eigenvalue weighted by Crippen LogP contribution is 2.40. The first-order valence-corrected chi connectivity index (χ1v) is 11.7. The van der Waals surface area contributed by atoms with Gasteiger partial charge in [0.15, 0.2) is 0 Å². The Bertz CT molecular complexity index is 1080. The molecule has 1 amide bonds. The number of ether oxygens (including phenoxy) is 2. The molecular weight excluding hydrogens is 488 g/mol. The number of halogens is 1. The van der Waals surface area contributed by atoms with E-state index < -0.39 is 17.7 Å². The molecular formula is C25H27BrN2O5. The van der Waals surface area contributed by atoms with Gasteiger partial charge in [0.1, 0.15) is 11.5 Å². The third-order valence-electron chi connectivity index (χ3n) is 6.15. The molecule has 1 atom stereocenters. The fraction of sp³-hybridized carbons (Fsp3) is 0.360. The van der Waals surface area contributed by atoms with Gasteiger partial charge in [-0.2, -0.15) is 0 Å². The largest absolute Gasteiger partial charge is 0.507 e. The molecule has 2 aliphatic heterocycles. The number of benzene rings is 2. The molecule has 7 nitrogen and oxygen atoms in total. The lowest BCUT2D eigenvalue weighted by Gasteiger charge is -2.31. The first-order chi connectivity index (χ1) is 15.9. The van der Waals surface area contributed by atoms with Crippen LogP contribution in [0, 0.1) is 6.92 Å². The smallest absolute Gasteiger partial charge is 0.295 e. The number of likely N-dealkylation sites (tertiary alicyclic amines) is 1. The van der Waals surface area contributed by atoms with Crippen LogP contribution in [0.2, 0.25) is 0 Å². The van der Waals surface area contributed by atoms with E-state index in [-0.39, 0.29) is 11.3 Å². The molecule has 0 unspecified atom stereocenters. The Morgan fingerprint density at radius 1 is 1.12 bits per heavy atom. The van der Waals surface area contributed by atoms with E-state index in [1.807, 2.05) is 31.2 Å². The average molecular weight is 515 g/mol. The van der Waals surface area contributed by atoms with Crippen LogP contribution in [0.5, 0.6) is 5.75 Å². The number of aryl methyl sites for hydroxylation is 1. The van der Waals surface area contributed by atoms with Crippen molar-refractivity contribution in [3.8, 4) is 5.75 Å². The van der Waals surface area contributed by atoms with Crippen molar-refractivity contribution in [1.29, 1.82) is 0 Å². The lowest BCUT2D eigenvalue weighted by molar-refractivity contribution is -0.140. The van der Waals surface area contributed by atoms with Crippen LogP contribution in [-0.4, -0.2) is 73.1 Å². The number of ketones is 1. The van der Waals surface area contributed by atoms with Crippen LogP contribution >= 0.6 is 15.9 Å². The molecule has 1 N–H and O–H groups in total. The quantitative estimate of drug-likeness (QED) is 0.361. The first kappa shape index (κ1) is 23.5. The number of carbonyl (C=O) groups excluding carboxylic acids is 2. The van der Waals surface area contributed by atoms with Crippen molar-refractivity contribution >= 4 is 33.4 Å². The van der Waals surface area contributed by atoms with E-state index in [0.717, 1.165) is 28.7 Å². The molecule has 0 spiro atoms. The number of aliphatic hydroxyl groups excluding tert-OH is 1. The molecule has 8 heteroatoms. The molecule has 0 aliphatic carbocycles. The van der Waals surface area contributed by atoms with Crippen LogP contribution in [0.1, 0.15) is 22.7 Å². The Morgan fingerprint density at radius 2 is 1.82 bits per heavy atom. The van der Waals surface area contributed by atoms with E-state index in [0.29, 0.717) is 37.6 Å². The molecule has 0 saturated carbocycles. The van der Waals surface area contributed by atoms with Gasteiger partial charge >= 0.3 is 0 Å². The summed E-state index contributed by atoms with van der Waals surface area (Å²) in [6.07, 6.45) is 0. The summed E-state index contributed by atoms with van der Waals surface area (Å²) in [6, 6.07) is 12.0. The SMILES string of the molecule is COc1ccc(/C(O)=C2\C(=O)C(=O)N(CCN3CCOCC3)[C@@H]2c2ccc(Br)cc2)cc1C. The van der Waals surface area contributed by atoms with Crippen molar-refractivity contribution in [3.05, 3.63) is 69.2 Å². The highest BCUT2D eigenvalue weighted by atomic mass is 79.9. The monoisotopic (exact) mass is 514 g/mol. The van der Waals surface area contributed by atoms with Crippen molar-refractivity contribution in [3.63, 3.8) is 0 Å². The van der Waals surface area contributed by atoms with Gasteiger partial charge < -0.3 is 19.5 Å². The minimum absolute atomic E-state index is 0.105. The van der Waals surface area contributed by atoms with Crippen LogP contribution in [0.15, 0.2) is 52.5 Å². The number of morpholine rings is 1. The summed E-state index contributed by atoms with van der Waals surface area (Å²) in [5, 5.41) is 11.2. The van der Waals surface area contributed by atoms with Crippen LogP contribution in [-0.2, 0) is 14.3 Å². The molecule has 2 aromatic rings. The third-order valence-corrected chi connectivity index (χ3v) is 6.68. The molecule has 2 heterocycles. The van der Waals surface area contributed by atoms with Crippen molar-refractivity contribution in [1.82, 2.24) is 9.80 Å². The second kappa shape index (κ2) is 10.1. The van der Waals surface area contributed by atoms with Gasteiger partial charge in [0.05, 0.1) is 31.9 Å². The average Bonchev–Trinajstić information content (AvgIpc) is 3.08. The first-order valence-electron chi connectivity index (χ1n) is 10.9. The molecule has 2 aliphatic rings. The second-order valence-corrected chi connectivity index (χ2v) is 9.10. The third kappa shape index (κ3) is 4.83. The van der Waals surface area contributed by atoms with Crippen LogP contribution < -0.4 is 4.74 Å². The Kier molecular flexibility index (Phi) is 7.17. The number of nitrogens with zero attached hydrogens (tertiary/aromatic N) is 2. The highest BCUT2D eigenvalue weighted by molar-refractivity contribution is 9.10. The van der Waals surface area contributed by atoms with E-state index in [1.54, 1.807) is 30.2 Å². The zero-order valence-electron chi connectivity index (χ0n) is 18.7. The van der Waals surface area contributed by atoms with E-state index in [2.05, 4.69) is 20.8 Å². The van der Waals surface area contributed by atoms with Gasteiger partial charge in [-0.15, -0.1) is 0 Å². The predicted molar refractivity (Wildman–Crippen MR) is 128 cm³/mol. The topological polar surface area (TPSA) is 79.3 Å². The standard InChI is InChI=1S/C25H27BrN2O5/c1-16-15-18(5-8-20(16)32-2)23(29)21-22(17-3-6-19(26)7-4-17)28(25(31)24(21)30)10-9-27-11-13-33-14-12-27/h3-8,15,22,29H,9-14H2,1-2H3/b23-21+/t22-/m1/s1. The second-order valence-electron chi connectivity index (χ2n) is 8.18. The molecule has 174 valence electrons. The molecule has 0 radical (unpaired) electrons. The number of methoxy groups -OCH3 is 1. The summed E-state index contributed by atoms with van der Waals surface area (Å²) >= 11 is 3.44. The fourth-order valence-corrected chi connectivity index (χ4v) is 4.62. The number of amides is 1. The number of carbonyl (C=O) groups is 2. The van der Waals surface area contributed by atoms with Gasteiger partial charge in [0.25, 0.3) is 11.7 Å². The van der Waals surface area contributed by atoms with Crippen molar-refractivity contribution in [2.45, 2.75) is 13.0 Å². The van der Waals surface area contributed by atoms with Gasteiger partial charge in [-0.1, -0.05) is 28.1 Å². The number of hydrogen-bond acceptors (Lipinski definition) is 6. The van der Waals surface area contributed by atoms with Crippen molar-refractivity contribution in [2.24, 2.45) is 0 Å². The molecule has 33 heavy (non-hydrogen) atoms. The molecule has 2 saturated heterocycles. The van der Waals surface area contributed by atoms with Gasteiger partial charge in [0.2, 0.25) is 0 Å². The maximum absolute atomic E-state index is 13.2. The lowest BCUT2D eigenvalue weighted by atomic mass is 9.95. The van der Waals surface area contributed by atoms with Crippen molar-refractivity contribution in [2.75, 3.05) is 46.5 Å². The summed E-state index contributed by atoms with van der Waals surface area (Å²) in [5.74, 6) is -0.762. The summed E-state index contributed by atoms with van der Waals surface area (Å²) < 4.78 is 11.6. The minimum atomic E-state index is -0.670. The summed E-state index contributed by atoms with van der Waals surface area (Å²) in [6.45, 7) is 5.77. The Hall–Kier alpha value is -2.68. The number of Topliss-reactive ketones (excluding diaryl/α,β-unsaturated/α-hetero) is 1. The summed E-state index contributed by atoms with van der Waals surface area (Å²) in [4.78, 5) is 30.1.